The second-order valence-corrected chi connectivity index (χ2v) is 4.03. The van der Waals surface area contributed by atoms with E-state index in [-0.39, 0.29) is 12.2 Å². The molecule has 0 saturated heterocycles. The SMILES string of the molecule is COc1ncccc1C(=O)Cc1ccncc1Cl. The van der Waals surface area contributed by atoms with Crippen LogP contribution in [0.5, 0.6) is 5.88 Å². The van der Waals surface area contributed by atoms with Gasteiger partial charge in [-0.1, -0.05) is 11.6 Å². The molecule has 0 aliphatic rings. The van der Waals surface area contributed by atoms with Crippen LogP contribution in [0.25, 0.3) is 0 Å². The fourth-order valence-electron chi connectivity index (χ4n) is 1.58. The standard InChI is InChI=1S/C13H11ClN2O2/c1-18-13-10(3-2-5-16-13)12(17)7-9-4-6-15-8-11(9)14/h2-6,8H,7H2,1H3. The van der Waals surface area contributed by atoms with E-state index in [0.717, 1.165) is 5.56 Å². The van der Waals surface area contributed by atoms with Crippen molar-refractivity contribution in [2.75, 3.05) is 7.11 Å². The van der Waals surface area contributed by atoms with Crippen LogP contribution in [0, 0.1) is 0 Å². The van der Waals surface area contributed by atoms with Crippen molar-refractivity contribution in [1.29, 1.82) is 0 Å². The minimum absolute atomic E-state index is 0.0898. The smallest absolute Gasteiger partial charge is 0.224 e. The average Bonchev–Trinajstić information content (AvgIpc) is 2.41. The lowest BCUT2D eigenvalue weighted by molar-refractivity contribution is 0.0989. The van der Waals surface area contributed by atoms with Crippen LogP contribution in [0.3, 0.4) is 0 Å². The third-order valence-corrected chi connectivity index (χ3v) is 2.81. The number of nitrogens with zero attached hydrogens (tertiary/aromatic N) is 2. The maximum Gasteiger partial charge on any atom is 0.224 e. The number of ether oxygens (including phenoxy) is 1. The van der Waals surface area contributed by atoms with Crippen LogP contribution in [0.15, 0.2) is 36.8 Å². The molecule has 2 aromatic heterocycles. The fourth-order valence-corrected chi connectivity index (χ4v) is 1.77. The number of pyridine rings is 2. The Hall–Kier alpha value is -1.94. The van der Waals surface area contributed by atoms with Crippen LogP contribution in [0.4, 0.5) is 0 Å². The molecule has 18 heavy (non-hydrogen) atoms. The minimum atomic E-state index is -0.0898. The lowest BCUT2D eigenvalue weighted by Gasteiger charge is -2.06. The molecule has 0 fully saturated rings. The van der Waals surface area contributed by atoms with Crippen LogP contribution < -0.4 is 4.74 Å². The van der Waals surface area contributed by atoms with Gasteiger partial charge in [0.2, 0.25) is 5.88 Å². The molecule has 0 atom stereocenters. The number of ketones is 1. The summed E-state index contributed by atoms with van der Waals surface area (Å²) in [6.45, 7) is 0. The summed E-state index contributed by atoms with van der Waals surface area (Å²) in [4.78, 5) is 20.0. The molecule has 0 aromatic carbocycles. The van der Waals surface area contributed by atoms with Gasteiger partial charge in [0.15, 0.2) is 5.78 Å². The lowest BCUT2D eigenvalue weighted by atomic mass is 10.1. The zero-order chi connectivity index (χ0) is 13.0. The van der Waals surface area contributed by atoms with Gasteiger partial charge in [-0.15, -0.1) is 0 Å². The van der Waals surface area contributed by atoms with Gasteiger partial charge in [0.05, 0.1) is 17.7 Å². The number of hydrogen-bond acceptors (Lipinski definition) is 4. The Kier molecular flexibility index (Phi) is 3.89. The van der Waals surface area contributed by atoms with E-state index in [1.807, 2.05) is 0 Å². The average molecular weight is 263 g/mol. The maximum absolute atomic E-state index is 12.1. The number of hydrogen-bond donors (Lipinski definition) is 0. The van der Waals surface area contributed by atoms with Gasteiger partial charge in [0.25, 0.3) is 0 Å². The Morgan fingerprint density at radius 1 is 1.39 bits per heavy atom. The molecule has 2 aromatic rings. The Morgan fingerprint density at radius 3 is 2.94 bits per heavy atom. The van der Waals surface area contributed by atoms with Crippen LogP contribution >= 0.6 is 11.6 Å². The minimum Gasteiger partial charge on any atom is -0.480 e. The van der Waals surface area contributed by atoms with Gasteiger partial charge < -0.3 is 4.74 Å². The molecule has 0 spiro atoms. The molecular weight excluding hydrogens is 252 g/mol. The van der Waals surface area contributed by atoms with Crippen LogP contribution in [0.1, 0.15) is 15.9 Å². The molecule has 0 amide bonds. The highest BCUT2D eigenvalue weighted by Gasteiger charge is 2.14. The summed E-state index contributed by atoms with van der Waals surface area (Å²) in [6, 6.07) is 5.11. The molecule has 0 bridgehead atoms. The summed E-state index contributed by atoms with van der Waals surface area (Å²) in [5.41, 5.74) is 1.19. The van der Waals surface area contributed by atoms with Crippen LogP contribution in [-0.4, -0.2) is 22.9 Å². The monoisotopic (exact) mass is 262 g/mol. The lowest BCUT2D eigenvalue weighted by Crippen LogP contribution is -2.07. The van der Waals surface area contributed by atoms with Gasteiger partial charge in [-0.25, -0.2) is 4.98 Å². The van der Waals surface area contributed by atoms with E-state index >= 15 is 0 Å². The highest BCUT2D eigenvalue weighted by molar-refractivity contribution is 6.31. The van der Waals surface area contributed by atoms with E-state index in [9.17, 15) is 4.79 Å². The number of methoxy groups -OCH3 is 1. The molecule has 0 aliphatic carbocycles. The largest absolute Gasteiger partial charge is 0.480 e. The Bertz CT molecular complexity index is 572. The first-order chi connectivity index (χ1) is 8.72. The Balaban J connectivity index is 2.25. The molecule has 0 unspecified atom stereocenters. The van der Waals surface area contributed by atoms with E-state index in [1.54, 1.807) is 30.6 Å². The van der Waals surface area contributed by atoms with E-state index in [1.165, 1.54) is 13.3 Å². The van der Waals surface area contributed by atoms with E-state index in [0.29, 0.717) is 16.5 Å². The molecule has 92 valence electrons. The topological polar surface area (TPSA) is 52.1 Å². The van der Waals surface area contributed by atoms with Crippen molar-refractivity contribution in [3.63, 3.8) is 0 Å². The van der Waals surface area contributed by atoms with Crippen molar-refractivity contribution in [3.8, 4) is 5.88 Å². The van der Waals surface area contributed by atoms with Gasteiger partial charge in [0.1, 0.15) is 0 Å². The molecule has 0 saturated carbocycles. The van der Waals surface area contributed by atoms with Crippen molar-refractivity contribution in [2.45, 2.75) is 6.42 Å². The molecule has 0 radical (unpaired) electrons. The van der Waals surface area contributed by atoms with Crippen molar-refractivity contribution >= 4 is 17.4 Å². The first kappa shape index (κ1) is 12.5. The van der Waals surface area contributed by atoms with Crippen LogP contribution in [-0.2, 0) is 6.42 Å². The van der Waals surface area contributed by atoms with E-state index in [4.69, 9.17) is 16.3 Å². The summed E-state index contributed by atoms with van der Waals surface area (Å²) >= 11 is 5.97. The van der Waals surface area contributed by atoms with E-state index in [2.05, 4.69) is 9.97 Å². The first-order valence-electron chi connectivity index (χ1n) is 5.33. The summed E-state index contributed by atoms with van der Waals surface area (Å²) in [7, 11) is 1.48. The number of aromatic nitrogens is 2. The second-order valence-electron chi connectivity index (χ2n) is 3.63. The zero-order valence-corrected chi connectivity index (χ0v) is 10.5. The van der Waals surface area contributed by atoms with Crippen molar-refractivity contribution in [1.82, 2.24) is 9.97 Å². The molecular formula is C13H11ClN2O2. The summed E-state index contributed by atoms with van der Waals surface area (Å²) < 4.78 is 5.06. The zero-order valence-electron chi connectivity index (χ0n) is 9.76. The second kappa shape index (κ2) is 5.60. The number of rotatable bonds is 4. The third kappa shape index (κ3) is 2.65. The predicted molar refractivity (Wildman–Crippen MR) is 68.1 cm³/mol. The highest BCUT2D eigenvalue weighted by Crippen LogP contribution is 2.19. The quantitative estimate of drug-likeness (QED) is 0.795. The van der Waals surface area contributed by atoms with E-state index < -0.39 is 0 Å². The van der Waals surface area contributed by atoms with Gasteiger partial charge in [-0.05, 0) is 23.8 Å². The molecule has 2 rings (SSSR count). The fraction of sp³-hybridized carbons (Fsp3) is 0.154. The normalized spacial score (nSPS) is 10.1. The number of halogens is 1. The Labute approximate surface area is 110 Å². The summed E-state index contributed by atoms with van der Waals surface area (Å²) in [5.74, 6) is 0.237. The summed E-state index contributed by atoms with van der Waals surface area (Å²) in [6.07, 6.45) is 4.90. The maximum atomic E-state index is 12.1. The number of carbonyl (C=O) groups excluding carboxylic acids is 1. The van der Waals surface area contributed by atoms with Crippen molar-refractivity contribution < 1.29 is 9.53 Å². The predicted octanol–water partition coefficient (Wildman–Crippen LogP) is 2.56. The van der Waals surface area contributed by atoms with Gasteiger partial charge in [-0.3, -0.25) is 9.78 Å². The molecule has 4 nitrogen and oxygen atoms in total. The van der Waals surface area contributed by atoms with Gasteiger partial charge in [-0.2, -0.15) is 0 Å². The molecule has 5 heteroatoms. The summed E-state index contributed by atoms with van der Waals surface area (Å²) in [5, 5.41) is 0.480. The highest BCUT2D eigenvalue weighted by atomic mass is 35.5. The Morgan fingerprint density at radius 2 is 2.22 bits per heavy atom. The van der Waals surface area contributed by atoms with Crippen molar-refractivity contribution in [2.24, 2.45) is 0 Å². The van der Waals surface area contributed by atoms with Crippen LogP contribution in [0.2, 0.25) is 5.02 Å². The van der Waals surface area contributed by atoms with Gasteiger partial charge >= 0.3 is 0 Å². The molecule has 0 aliphatic heterocycles. The number of carbonyl (C=O) groups is 1. The van der Waals surface area contributed by atoms with Crippen molar-refractivity contribution in [3.05, 3.63) is 52.9 Å². The first-order valence-corrected chi connectivity index (χ1v) is 5.70. The molecule has 2 heterocycles. The number of Topliss-reactive ketones (excluding diaryl/α,β-unsaturated/α-hetero) is 1. The molecule has 0 N–H and O–H groups in total. The third-order valence-electron chi connectivity index (χ3n) is 2.47. The van der Waals surface area contributed by atoms with Gasteiger partial charge in [0, 0.05) is 25.0 Å².